The van der Waals surface area contributed by atoms with E-state index in [0.29, 0.717) is 6.61 Å². The highest BCUT2D eigenvalue weighted by atomic mass is 28.4. The van der Waals surface area contributed by atoms with Gasteiger partial charge in [0.05, 0.1) is 0 Å². The Bertz CT molecular complexity index is 570. The van der Waals surface area contributed by atoms with E-state index in [0.717, 1.165) is 10.9 Å². The van der Waals surface area contributed by atoms with Crippen LogP contribution < -0.4 is 9.61 Å². The van der Waals surface area contributed by atoms with Crippen molar-refractivity contribution in [3.63, 3.8) is 0 Å². The summed E-state index contributed by atoms with van der Waals surface area (Å²) < 4.78 is 17.2. The van der Waals surface area contributed by atoms with Crippen molar-refractivity contribution in [3.8, 4) is 5.75 Å². The molecule has 0 amide bonds. The molecule has 1 unspecified atom stereocenters. The zero-order chi connectivity index (χ0) is 18.1. The van der Waals surface area contributed by atoms with Crippen LogP contribution in [0.3, 0.4) is 0 Å². The normalized spacial score (nSPS) is 13.4. The van der Waals surface area contributed by atoms with Crippen molar-refractivity contribution in [2.24, 2.45) is 0 Å². The van der Waals surface area contributed by atoms with Crippen LogP contribution >= 0.6 is 0 Å². The molecular formula is C19H30O3Si2. The summed E-state index contributed by atoms with van der Waals surface area (Å²) in [7, 11) is -1.73. The highest BCUT2D eigenvalue weighted by Crippen LogP contribution is 2.16. The zero-order valence-electron chi connectivity index (χ0n) is 15.7. The Hall–Kier alpha value is -1.41. The molecule has 0 saturated heterocycles. The molecule has 132 valence electrons. The lowest BCUT2D eigenvalue weighted by Crippen LogP contribution is -2.53. The lowest BCUT2D eigenvalue weighted by atomic mass is 10.3. The van der Waals surface area contributed by atoms with Gasteiger partial charge in [-0.05, 0) is 45.2 Å². The lowest BCUT2D eigenvalue weighted by molar-refractivity contribution is 0.270. The predicted octanol–water partition coefficient (Wildman–Crippen LogP) is 4.55. The Morgan fingerprint density at radius 3 is 1.67 bits per heavy atom. The Balaban J connectivity index is 0.000000413. The van der Waals surface area contributed by atoms with Crippen LogP contribution in [0.4, 0.5) is 0 Å². The summed E-state index contributed by atoms with van der Waals surface area (Å²) in [5.41, 5.74) is 0. The molecule has 0 aliphatic carbocycles. The molecule has 24 heavy (non-hydrogen) atoms. The summed E-state index contributed by atoms with van der Waals surface area (Å²) in [6.45, 7) is 11.2. The predicted molar refractivity (Wildman–Crippen MR) is 107 cm³/mol. The second kappa shape index (κ2) is 9.78. The SMILES string of the molecule is CCO[Si](C)(Oc1ccccc1)c1ccccc1.CO[Si](C)(C)C. The first kappa shape index (κ1) is 20.6. The first-order chi connectivity index (χ1) is 11.3. The van der Waals surface area contributed by atoms with Crippen LogP contribution in [0.2, 0.25) is 26.2 Å². The quantitative estimate of drug-likeness (QED) is 0.706. The van der Waals surface area contributed by atoms with Gasteiger partial charge in [-0.3, -0.25) is 0 Å². The van der Waals surface area contributed by atoms with Crippen molar-refractivity contribution >= 4 is 22.1 Å². The van der Waals surface area contributed by atoms with E-state index in [-0.39, 0.29) is 0 Å². The maximum atomic E-state index is 6.15. The first-order valence-corrected chi connectivity index (χ1v) is 14.0. The number of benzene rings is 2. The van der Waals surface area contributed by atoms with E-state index in [2.05, 4.69) is 38.3 Å². The van der Waals surface area contributed by atoms with Crippen LogP contribution in [0.1, 0.15) is 6.92 Å². The number of para-hydroxylation sites is 1. The molecule has 0 N–H and O–H groups in total. The minimum absolute atomic E-state index is 0.657. The maximum absolute atomic E-state index is 6.15. The molecule has 0 heterocycles. The van der Waals surface area contributed by atoms with Gasteiger partial charge in [-0.25, -0.2) is 0 Å². The second-order valence-corrected chi connectivity index (χ2v) is 14.1. The molecular weight excluding hydrogens is 332 g/mol. The minimum atomic E-state index is -2.37. The van der Waals surface area contributed by atoms with Gasteiger partial charge in [0.1, 0.15) is 5.75 Å². The van der Waals surface area contributed by atoms with E-state index in [1.807, 2.05) is 55.5 Å². The van der Waals surface area contributed by atoms with E-state index >= 15 is 0 Å². The highest BCUT2D eigenvalue weighted by molar-refractivity contribution is 6.80. The van der Waals surface area contributed by atoms with E-state index < -0.39 is 16.9 Å². The van der Waals surface area contributed by atoms with Crippen LogP contribution in [-0.4, -0.2) is 30.6 Å². The van der Waals surface area contributed by atoms with Gasteiger partial charge in [-0.15, -0.1) is 0 Å². The van der Waals surface area contributed by atoms with Gasteiger partial charge in [0.2, 0.25) is 0 Å². The first-order valence-electron chi connectivity index (χ1n) is 8.29. The van der Waals surface area contributed by atoms with Gasteiger partial charge in [-0.2, -0.15) is 0 Å². The van der Waals surface area contributed by atoms with Gasteiger partial charge in [-0.1, -0.05) is 48.5 Å². The van der Waals surface area contributed by atoms with Gasteiger partial charge in [0, 0.05) is 18.9 Å². The van der Waals surface area contributed by atoms with E-state index in [4.69, 9.17) is 13.3 Å². The van der Waals surface area contributed by atoms with Crippen molar-refractivity contribution in [2.75, 3.05) is 13.7 Å². The zero-order valence-corrected chi connectivity index (χ0v) is 17.7. The Labute approximate surface area is 149 Å². The molecule has 0 radical (unpaired) electrons. The third-order valence-electron chi connectivity index (χ3n) is 3.39. The lowest BCUT2D eigenvalue weighted by Gasteiger charge is -2.27. The molecule has 0 bridgehead atoms. The summed E-state index contributed by atoms with van der Waals surface area (Å²) >= 11 is 0. The van der Waals surface area contributed by atoms with Gasteiger partial charge in [0.25, 0.3) is 0 Å². The van der Waals surface area contributed by atoms with E-state index in [9.17, 15) is 0 Å². The Morgan fingerprint density at radius 2 is 1.25 bits per heavy atom. The molecule has 0 spiro atoms. The molecule has 0 aliphatic rings. The van der Waals surface area contributed by atoms with Crippen molar-refractivity contribution in [2.45, 2.75) is 33.1 Å². The third kappa shape index (κ3) is 7.44. The molecule has 2 aromatic rings. The molecule has 2 aromatic carbocycles. The largest absolute Gasteiger partial charge is 0.517 e. The van der Waals surface area contributed by atoms with Crippen LogP contribution in [0.15, 0.2) is 60.7 Å². The Morgan fingerprint density at radius 1 is 0.792 bits per heavy atom. The molecule has 5 heteroatoms. The summed E-state index contributed by atoms with van der Waals surface area (Å²) in [4.78, 5) is 0. The molecule has 0 fully saturated rings. The van der Waals surface area contributed by atoms with Crippen LogP contribution in [0.25, 0.3) is 0 Å². The van der Waals surface area contributed by atoms with Gasteiger partial charge >= 0.3 is 8.56 Å². The van der Waals surface area contributed by atoms with Crippen molar-refractivity contribution in [1.29, 1.82) is 0 Å². The van der Waals surface area contributed by atoms with Crippen LogP contribution in [-0.2, 0) is 8.85 Å². The number of rotatable bonds is 6. The summed E-state index contributed by atoms with van der Waals surface area (Å²) in [6.07, 6.45) is 0. The molecule has 3 nitrogen and oxygen atoms in total. The number of hydrogen-bond donors (Lipinski definition) is 0. The average Bonchev–Trinajstić information content (AvgIpc) is 2.57. The summed E-state index contributed by atoms with van der Waals surface area (Å²) in [5, 5.41) is 1.15. The third-order valence-corrected chi connectivity index (χ3v) is 7.46. The fourth-order valence-corrected chi connectivity index (χ4v) is 4.18. The highest BCUT2D eigenvalue weighted by Gasteiger charge is 2.35. The summed E-state index contributed by atoms with van der Waals surface area (Å²) in [6, 6.07) is 20.1. The fourth-order valence-electron chi connectivity index (χ4n) is 1.90. The standard InChI is InChI=1S/C15H18O2Si.C4H12OSi/c1-3-16-18(2,15-12-8-5-9-13-15)17-14-10-6-4-7-11-14;1-5-6(2,3)4/h4-13H,3H2,1-2H3;1-4H3. The second-order valence-electron chi connectivity index (χ2n) is 6.48. The maximum Gasteiger partial charge on any atom is 0.430 e. The fraction of sp³-hybridized carbons (Fsp3) is 0.368. The molecule has 0 aliphatic heterocycles. The topological polar surface area (TPSA) is 27.7 Å². The van der Waals surface area contributed by atoms with Crippen LogP contribution in [0.5, 0.6) is 5.75 Å². The Kier molecular flexibility index (Phi) is 8.41. The molecule has 0 aromatic heterocycles. The monoisotopic (exact) mass is 362 g/mol. The molecule has 2 rings (SSSR count). The average molecular weight is 363 g/mol. The van der Waals surface area contributed by atoms with Crippen molar-refractivity contribution in [3.05, 3.63) is 60.7 Å². The van der Waals surface area contributed by atoms with Crippen molar-refractivity contribution in [1.82, 2.24) is 0 Å². The molecule has 1 atom stereocenters. The number of hydrogen-bond acceptors (Lipinski definition) is 3. The smallest absolute Gasteiger partial charge is 0.430 e. The molecule has 0 saturated carbocycles. The van der Waals surface area contributed by atoms with E-state index in [1.165, 1.54) is 0 Å². The van der Waals surface area contributed by atoms with Crippen LogP contribution in [0, 0.1) is 0 Å². The van der Waals surface area contributed by atoms with Crippen molar-refractivity contribution < 1.29 is 13.3 Å². The minimum Gasteiger partial charge on any atom is -0.517 e. The van der Waals surface area contributed by atoms with E-state index in [1.54, 1.807) is 7.11 Å². The summed E-state index contributed by atoms with van der Waals surface area (Å²) in [5.74, 6) is 0.865. The van der Waals surface area contributed by atoms with Gasteiger partial charge in [0.15, 0.2) is 8.32 Å². The van der Waals surface area contributed by atoms with Gasteiger partial charge < -0.3 is 13.3 Å².